The van der Waals surface area contributed by atoms with E-state index in [9.17, 15) is 0 Å². The van der Waals surface area contributed by atoms with Gasteiger partial charge in [-0.3, -0.25) is 4.90 Å². The normalized spacial score (nSPS) is 17.9. The van der Waals surface area contributed by atoms with Gasteiger partial charge in [0.25, 0.3) is 0 Å². The summed E-state index contributed by atoms with van der Waals surface area (Å²) in [5, 5.41) is 3.41. The van der Waals surface area contributed by atoms with Gasteiger partial charge in [0, 0.05) is 32.2 Å². The van der Waals surface area contributed by atoms with E-state index in [0.717, 1.165) is 26.2 Å². The highest BCUT2D eigenvalue weighted by atomic mass is 15.2. The molecule has 104 valence electrons. The lowest BCUT2D eigenvalue weighted by Crippen LogP contribution is -2.44. The Morgan fingerprint density at radius 1 is 0.850 bits per heavy atom. The maximum Gasteiger partial charge on any atom is 0.0320 e. The molecule has 1 fully saturated rings. The van der Waals surface area contributed by atoms with E-state index < -0.39 is 0 Å². The smallest absolute Gasteiger partial charge is 0.0320 e. The van der Waals surface area contributed by atoms with Crippen molar-refractivity contribution in [2.24, 2.45) is 0 Å². The minimum atomic E-state index is 0.502. The fourth-order valence-electron chi connectivity index (χ4n) is 2.86. The maximum absolute atomic E-state index is 3.41. The molecule has 1 saturated heterocycles. The Balaban J connectivity index is 1.75. The van der Waals surface area contributed by atoms with Crippen LogP contribution in [0.2, 0.25) is 0 Å². The van der Waals surface area contributed by atoms with E-state index in [1.807, 2.05) is 0 Å². The van der Waals surface area contributed by atoms with Gasteiger partial charge in [0.1, 0.15) is 0 Å². The molecule has 1 aliphatic heterocycles. The topological polar surface area (TPSA) is 15.3 Å². The number of piperazine rings is 1. The van der Waals surface area contributed by atoms with Crippen LogP contribution in [0.25, 0.3) is 11.1 Å². The van der Waals surface area contributed by atoms with Crippen molar-refractivity contribution in [3.8, 4) is 11.1 Å². The Kier molecular flexibility index (Phi) is 4.14. The second-order valence-electron chi connectivity index (χ2n) is 5.45. The van der Waals surface area contributed by atoms with Gasteiger partial charge < -0.3 is 5.32 Å². The van der Waals surface area contributed by atoms with Crippen LogP contribution in [-0.2, 0) is 0 Å². The summed E-state index contributed by atoms with van der Waals surface area (Å²) in [5.41, 5.74) is 3.99. The summed E-state index contributed by atoms with van der Waals surface area (Å²) in [7, 11) is 0. The van der Waals surface area contributed by atoms with Crippen LogP contribution in [0.5, 0.6) is 0 Å². The molecule has 1 aliphatic rings. The number of hydrogen-bond acceptors (Lipinski definition) is 2. The monoisotopic (exact) mass is 266 g/mol. The molecular formula is C18H22N2. The lowest BCUT2D eigenvalue weighted by Gasteiger charge is -2.33. The van der Waals surface area contributed by atoms with E-state index in [2.05, 4.69) is 71.7 Å². The van der Waals surface area contributed by atoms with Gasteiger partial charge in [-0.25, -0.2) is 0 Å². The van der Waals surface area contributed by atoms with E-state index in [-0.39, 0.29) is 0 Å². The van der Waals surface area contributed by atoms with Gasteiger partial charge in [-0.2, -0.15) is 0 Å². The highest BCUT2D eigenvalue weighted by Crippen LogP contribution is 2.24. The minimum Gasteiger partial charge on any atom is -0.314 e. The molecule has 0 radical (unpaired) electrons. The largest absolute Gasteiger partial charge is 0.314 e. The standard InChI is InChI=1S/C18H22N2/c1-15(20-13-11-19-12-14-20)16-7-9-18(10-8-16)17-5-3-2-4-6-17/h2-10,15,19H,11-14H2,1H3/t15-/m0/s1. The van der Waals surface area contributed by atoms with Gasteiger partial charge in [0.15, 0.2) is 0 Å². The molecule has 0 spiro atoms. The molecule has 1 atom stereocenters. The van der Waals surface area contributed by atoms with Gasteiger partial charge in [0.2, 0.25) is 0 Å². The van der Waals surface area contributed by atoms with Crippen molar-refractivity contribution in [3.05, 3.63) is 60.2 Å². The summed E-state index contributed by atoms with van der Waals surface area (Å²) in [6.45, 7) is 6.80. The third kappa shape index (κ3) is 2.92. The SMILES string of the molecule is C[C@@H](c1ccc(-c2ccccc2)cc1)N1CCNCC1. The summed E-state index contributed by atoms with van der Waals surface area (Å²) in [6, 6.07) is 20.1. The van der Waals surface area contributed by atoms with Crippen LogP contribution < -0.4 is 5.32 Å². The Morgan fingerprint density at radius 3 is 2.10 bits per heavy atom. The third-order valence-electron chi connectivity index (χ3n) is 4.20. The molecule has 3 rings (SSSR count). The van der Waals surface area contributed by atoms with Crippen LogP contribution in [-0.4, -0.2) is 31.1 Å². The van der Waals surface area contributed by atoms with Crippen molar-refractivity contribution >= 4 is 0 Å². The number of nitrogens with zero attached hydrogens (tertiary/aromatic N) is 1. The number of rotatable bonds is 3. The fourth-order valence-corrected chi connectivity index (χ4v) is 2.86. The molecule has 1 heterocycles. The highest BCUT2D eigenvalue weighted by molar-refractivity contribution is 5.63. The van der Waals surface area contributed by atoms with Crippen molar-refractivity contribution < 1.29 is 0 Å². The van der Waals surface area contributed by atoms with Crippen molar-refractivity contribution in [2.75, 3.05) is 26.2 Å². The van der Waals surface area contributed by atoms with Crippen molar-refractivity contribution in [2.45, 2.75) is 13.0 Å². The zero-order valence-electron chi connectivity index (χ0n) is 12.0. The fraction of sp³-hybridized carbons (Fsp3) is 0.333. The predicted octanol–water partition coefficient (Wildman–Crippen LogP) is 3.32. The molecule has 0 amide bonds. The number of hydrogen-bond donors (Lipinski definition) is 1. The molecule has 20 heavy (non-hydrogen) atoms. The van der Waals surface area contributed by atoms with E-state index >= 15 is 0 Å². The molecule has 2 aromatic rings. The molecule has 0 unspecified atom stereocenters. The van der Waals surface area contributed by atoms with Gasteiger partial charge >= 0.3 is 0 Å². The van der Waals surface area contributed by atoms with Crippen molar-refractivity contribution in [1.29, 1.82) is 0 Å². The average molecular weight is 266 g/mol. The molecule has 2 nitrogen and oxygen atoms in total. The van der Waals surface area contributed by atoms with Crippen molar-refractivity contribution in [3.63, 3.8) is 0 Å². The Bertz CT molecular complexity index is 527. The Labute approximate surface area is 121 Å². The summed E-state index contributed by atoms with van der Waals surface area (Å²) in [5.74, 6) is 0. The van der Waals surface area contributed by atoms with Crippen LogP contribution >= 0.6 is 0 Å². The summed E-state index contributed by atoms with van der Waals surface area (Å²) in [6.07, 6.45) is 0. The molecule has 0 bridgehead atoms. The van der Waals surface area contributed by atoms with Gasteiger partial charge in [0.05, 0.1) is 0 Å². The van der Waals surface area contributed by atoms with Gasteiger partial charge in [-0.1, -0.05) is 54.6 Å². The zero-order valence-corrected chi connectivity index (χ0v) is 12.0. The third-order valence-corrected chi connectivity index (χ3v) is 4.20. The second-order valence-corrected chi connectivity index (χ2v) is 5.45. The summed E-state index contributed by atoms with van der Waals surface area (Å²) >= 11 is 0. The lowest BCUT2D eigenvalue weighted by molar-refractivity contribution is 0.185. The van der Waals surface area contributed by atoms with E-state index in [1.165, 1.54) is 16.7 Å². The molecule has 0 aliphatic carbocycles. The Morgan fingerprint density at radius 2 is 1.45 bits per heavy atom. The molecular weight excluding hydrogens is 244 g/mol. The molecule has 1 N–H and O–H groups in total. The quantitative estimate of drug-likeness (QED) is 0.917. The molecule has 0 saturated carbocycles. The van der Waals surface area contributed by atoms with Crippen LogP contribution in [0.3, 0.4) is 0 Å². The van der Waals surface area contributed by atoms with Crippen LogP contribution in [0.15, 0.2) is 54.6 Å². The summed E-state index contributed by atoms with van der Waals surface area (Å²) in [4.78, 5) is 2.55. The number of nitrogens with one attached hydrogen (secondary N) is 1. The second kappa shape index (κ2) is 6.21. The predicted molar refractivity (Wildman–Crippen MR) is 84.7 cm³/mol. The van der Waals surface area contributed by atoms with Crippen LogP contribution in [0.4, 0.5) is 0 Å². The van der Waals surface area contributed by atoms with E-state index in [1.54, 1.807) is 0 Å². The zero-order chi connectivity index (χ0) is 13.8. The van der Waals surface area contributed by atoms with Crippen LogP contribution in [0.1, 0.15) is 18.5 Å². The maximum atomic E-state index is 3.41. The van der Waals surface area contributed by atoms with Gasteiger partial charge in [-0.05, 0) is 23.6 Å². The molecule has 0 aromatic heterocycles. The Hall–Kier alpha value is -1.64. The van der Waals surface area contributed by atoms with E-state index in [0.29, 0.717) is 6.04 Å². The first-order valence-electron chi connectivity index (χ1n) is 7.45. The van der Waals surface area contributed by atoms with Crippen LogP contribution in [0, 0.1) is 0 Å². The highest BCUT2D eigenvalue weighted by Gasteiger charge is 2.17. The van der Waals surface area contributed by atoms with Gasteiger partial charge in [-0.15, -0.1) is 0 Å². The first-order valence-corrected chi connectivity index (χ1v) is 7.45. The summed E-state index contributed by atoms with van der Waals surface area (Å²) < 4.78 is 0. The lowest BCUT2D eigenvalue weighted by atomic mass is 10.0. The van der Waals surface area contributed by atoms with E-state index in [4.69, 9.17) is 0 Å². The van der Waals surface area contributed by atoms with Crippen molar-refractivity contribution in [1.82, 2.24) is 10.2 Å². The molecule has 2 heteroatoms. The minimum absolute atomic E-state index is 0.502. The first kappa shape index (κ1) is 13.3. The average Bonchev–Trinajstić information content (AvgIpc) is 2.56. The number of benzene rings is 2. The first-order chi connectivity index (χ1) is 9.84. The molecule has 2 aromatic carbocycles.